The van der Waals surface area contributed by atoms with Crippen molar-refractivity contribution in [1.82, 2.24) is 15.6 Å². The first-order valence-electron chi connectivity index (χ1n) is 8.49. The van der Waals surface area contributed by atoms with Crippen LogP contribution in [0.15, 0.2) is 34.6 Å². The molecule has 2 rings (SSSR count). The zero-order valence-corrected chi connectivity index (χ0v) is 19.0. The molecule has 0 aliphatic heterocycles. The predicted octanol–water partition coefficient (Wildman–Crippen LogP) is 4.65. The number of thiazole rings is 1. The summed E-state index contributed by atoms with van der Waals surface area (Å²) in [5, 5.41) is 7.35. The number of nitrogens with zero attached hydrogens (tertiary/aromatic N) is 2. The number of hydrogen-bond acceptors (Lipinski definition) is 4. The fourth-order valence-electron chi connectivity index (χ4n) is 2.32. The van der Waals surface area contributed by atoms with Gasteiger partial charge in [-0.2, -0.15) is 13.2 Å². The van der Waals surface area contributed by atoms with Crippen LogP contribution in [0, 0.1) is 0 Å². The van der Waals surface area contributed by atoms with Gasteiger partial charge < -0.3 is 15.4 Å². The summed E-state index contributed by atoms with van der Waals surface area (Å²) < 4.78 is 43.5. The van der Waals surface area contributed by atoms with Crippen LogP contribution in [0.1, 0.15) is 36.0 Å². The number of benzene rings is 1. The van der Waals surface area contributed by atoms with Gasteiger partial charge in [-0.05, 0) is 17.5 Å². The molecule has 0 amide bonds. The van der Waals surface area contributed by atoms with E-state index < -0.39 is 11.9 Å². The number of guanidine groups is 1. The topological polar surface area (TPSA) is 58.5 Å². The quantitative estimate of drug-likeness (QED) is 0.238. The Hall–Kier alpha value is -1.56. The molecule has 0 atom stereocenters. The molecule has 0 radical (unpaired) electrons. The van der Waals surface area contributed by atoms with Crippen molar-refractivity contribution in [2.45, 2.75) is 32.5 Å². The third-order valence-corrected chi connectivity index (χ3v) is 4.51. The lowest BCUT2D eigenvalue weighted by molar-refractivity contribution is -0.140. The summed E-state index contributed by atoms with van der Waals surface area (Å²) in [6.45, 7) is 5.30. The molecule has 0 saturated heterocycles. The van der Waals surface area contributed by atoms with Gasteiger partial charge in [-0.25, -0.2) is 4.98 Å². The average Bonchev–Trinajstić information content (AvgIpc) is 3.11. The normalized spacial score (nSPS) is 11.9. The molecule has 5 nitrogen and oxygen atoms in total. The van der Waals surface area contributed by atoms with Crippen molar-refractivity contribution in [3.8, 4) is 5.75 Å². The first-order valence-corrected chi connectivity index (χ1v) is 9.37. The summed E-state index contributed by atoms with van der Waals surface area (Å²) in [6.07, 6.45) is -4.42. The molecule has 0 saturated carbocycles. The molecule has 1 aromatic carbocycles. The molecule has 1 aromatic heterocycles. The number of ether oxygens (including phenoxy) is 1. The molecule has 2 aromatic rings. The Bertz CT molecular complexity index is 765. The molecule has 156 valence electrons. The maximum Gasteiger partial charge on any atom is 0.434 e. The van der Waals surface area contributed by atoms with E-state index in [0.29, 0.717) is 30.0 Å². The Morgan fingerprint density at radius 3 is 2.57 bits per heavy atom. The monoisotopic (exact) mass is 528 g/mol. The Morgan fingerprint density at radius 2 is 1.96 bits per heavy atom. The Morgan fingerprint density at radius 1 is 1.25 bits per heavy atom. The van der Waals surface area contributed by atoms with Crippen molar-refractivity contribution in [1.29, 1.82) is 0 Å². The third-order valence-electron chi connectivity index (χ3n) is 3.67. The number of aromatic nitrogens is 1. The second-order valence-electron chi connectivity index (χ2n) is 6.02. The number of para-hydroxylation sites is 1. The number of hydrogen-bond donors (Lipinski definition) is 2. The maximum absolute atomic E-state index is 12.6. The van der Waals surface area contributed by atoms with Crippen LogP contribution in [0.4, 0.5) is 13.2 Å². The van der Waals surface area contributed by atoms with Crippen LogP contribution in [0.5, 0.6) is 5.75 Å². The third kappa shape index (κ3) is 7.46. The van der Waals surface area contributed by atoms with Crippen molar-refractivity contribution in [2.24, 2.45) is 4.99 Å². The number of halogens is 4. The Labute approximate surface area is 183 Å². The number of aliphatic imine (C=N–C) groups is 1. The van der Waals surface area contributed by atoms with Gasteiger partial charge in [0, 0.05) is 12.4 Å². The van der Waals surface area contributed by atoms with Gasteiger partial charge in [0.1, 0.15) is 17.4 Å². The largest absolute Gasteiger partial charge is 0.491 e. The van der Waals surface area contributed by atoms with Crippen LogP contribution in [0.3, 0.4) is 0 Å². The minimum atomic E-state index is -4.42. The smallest absolute Gasteiger partial charge is 0.434 e. The van der Waals surface area contributed by atoms with Crippen LogP contribution in [-0.2, 0) is 12.7 Å². The Kier molecular flexibility index (Phi) is 10.0. The van der Waals surface area contributed by atoms with E-state index in [4.69, 9.17) is 4.74 Å². The molecular formula is C18H24F3IN4OS. The minimum Gasteiger partial charge on any atom is -0.491 e. The highest BCUT2D eigenvalue weighted by molar-refractivity contribution is 14.0. The highest BCUT2D eigenvalue weighted by Gasteiger charge is 2.33. The summed E-state index contributed by atoms with van der Waals surface area (Å²) in [4.78, 5) is 7.62. The molecule has 0 aliphatic rings. The summed E-state index contributed by atoms with van der Waals surface area (Å²) in [7, 11) is 1.59. The van der Waals surface area contributed by atoms with Gasteiger partial charge in [-0.3, -0.25) is 4.99 Å². The first-order chi connectivity index (χ1) is 12.8. The van der Waals surface area contributed by atoms with Gasteiger partial charge in [0.05, 0.1) is 13.1 Å². The molecule has 0 spiro atoms. The average molecular weight is 528 g/mol. The van der Waals surface area contributed by atoms with Crippen LogP contribution >= 0.6 is 35.3 Å². The van der Waals surface area contributed by atoms with E-state index in [9.17, 15) is 13.2 Å². The molecular weight excluding hydrogens is 504 g/mol. The van der Waals surface area contributed by atoms with E-state index in [2.05, 4.69) is 34.5 Å². The highest BCUT2D eigenvalue weighted by Crippen LogP contribution is 2.30. The zero-order chi connectivity index (χ0) is 19.9. The van der Waals surface area contributed by atoms with Gasteiger partial charge in [-0.1, -0.05) is 32.0 Å². The zero-order valence-electron chi connectivity index (χ0n) is 15.8. The lowest BCUT2D eigenvalue weighted by Gasteiger charge is -2.15. The van der Waals surface area contributed by atoms with Crippen molar-refractivity contribution in [3.63, 3.8) is 0 Å². The van der Waals surface area contributed by atoms with Crippen LogP contribution in [-0.4, -0.2) is 31.1 Å². The van der Waals surface area contributed by atoms with E-state index in [1.165, 1.54) is 0 Å². The minimum absolute atomic E-state index is 0. The van der Waals surface area contributed by atoms with Crippen molar-refractivity contribution in [3.05, 3.63) is 45.9 Å². The molecule has 28 heavy (non-hydrogen) atoms. The number of rotatable bonds is 7. The maximum atomic E-state index is 12.6. The molecule has 2 N–H and O–H groups in total. The summed E-state index contributed by atoms with van der Waals surface area (Å²) in [5.41, 5.74) is 0.272. The Balaban J connectivity index is 0.00000392. The first kappa shape index (κ1) is 24.5. The fraction of sp³-hybridized carbons (Fsp3) is 0.444. The van der Waals surface area contributed by atoms with E-state index in [1.54, 1.807) is 7.05 Å². The van der Waals surface area contributed by atoms with E-state index in [-0.39, 0.29) is 30.5 Å². The van der Waals surface area contributed by atoms with E-state index >= 15 is 0 Å². The predicted molar refractivity (Wildman–Crippen MR) is 117 cm³/mol. The van der Waals surface area contributed by atoms with Crippen molar-refractivity contribution < 1.29 is 17.9 Å². The van der Waals surface area contributed by atoms with Gasteiger partial charge in [-0.15, -0.1) is 35.3 Å². The second-order valence-corrected chi connectivity index (χ2v) is 6.96. The van der Waals surface area contributed by atoms with E-state index in [0.717, 1.165) is 28.0 Å². The lowest BCUT2D eigenvalue weighted by atomic mass is 10.0. The molecule has 1 heterocycles. The molecule has 0 bridgehead atoms. The van der Waals surface area contributed by atoms with Gasteiger partial charge in [0.2, 0.25) is 0 Å². The summed E-state index contributed by atoms with van der Waals surface area (Å²) in [6, 6.07) is 7.88. The molecule has 0 unspecified atom stereocenters. The molecule has 10 heteroatoms. The number of nitrogens with one attached hydrogen (secondary N) is 2. The molecule has 0 aliphatic carbocycles. The summed E-state index contributed by atoms with van der Waals surface area (Å²) >= 11 is 0.958. The fourth-order valence-corrected chi connectivity index (χ4v) is 3.06. The standard InChI is InChI=1S/C18H23F3N4OS.HI/c1-12(2)13-6-4-5-7-14(13)26-9-8-23-17(22-3)24-10-16-25-15(11-27-16)18(19,20)21;/h4-7,11-12H,8-10H2,1-3H3,(H2,22,23,24);1H. The van der Waals surface area contributed by atoms with Gasteiger partial charge in [0.15, 0.2) is 11.7 Å². The highest BCUT2D eigenvalue weighted by atomic mass is 127. The van der Waals surface area contributed by atoms with E-state index in [1.807, 2.05) is 24.3 Å². The van der Waals surface area contributed by atoms with Crippen LogP contribution in [0.2, 0.25) is 0 Å². The van der Waals surface area contributed by atoms with Crippen molar-refractivity contribution in [2.75, 3.05) is 20.2 Å². The van der Waals surface area contributed by atoms with Gasteiger partial charge in [0.25, 0.3) is 0 Å². The van der Waals surface area contributed by atoms with Crippen LogP contribution < -0.4 is 15.4 Å². The van der Waals surface area contributed by atoms with Crippen LogP contribution in [0.25, 0.3) is 0 Å². The molecule has 0 fully saturated rings. The van der Waals surface area contributed by atoms with Gasteiger partial charge >= 0.3 is 6.18 Å². The SMILES string of the molecule is CN=C(NCCOc1ccccc1C(C)C)NCc1nc(C(F)(F)F)cs1.I. The van der Waals surface area contributed by atoms with Crippen molar-refractivity contribution >= 4 is 41.3 Å². The lowest BCUT2D eigenvalue weighted by Crippen LogP contribution is -2.38. The number of alkyl halides is 3. The second kappa shape index (κ2) is 11.4. The summed E-state index contributed by atoms with van der Waals surface area (Å²) in [5.74, 6) is 1.68.